The second-order valence-corrected chi connectivity index (χ2v) is 6.27. The number of benzene rings is 2. The van der Waals surface area contributed by atoms with Crippen molar-refractivity contribution in [1.29, 1.82) is 0 Å². The van der Waals surface area contributed by atoms with Crippen LogP contribution in [0, 0.1) is 0 Å². The van der Waals surface area contributed by atoms with Gasteiger partial charge < -0.3 is 9.15 Å². The van der Waals surface area contributed by atoms with E-state index in [2.05, 4.69) is 10.9 Å². The molecule has 1 aromatic heterocycles. The number of hydrogen-bond acceptors (Lipinski definition) is 5. The van der Waals surface area contributed by atoms with E-state index in [1.807, 2.05) is 30.3 Å². The van der Waals surface area contributed by atoms with E-state index in [0.29, 0.717) is 17.5 Å². The summed E-state index contributed by atoms with van der Waals surface area (Å²) in [5, 5.41) is 0. The first-order chi connectivity index (χ1) is 13.6. The molecule has 2 heterocycles. The molecule has 1 aliphatic heterocycles. The molecule has 3 aromatic rings. The zero-order valence-corrected chi connectivity index (χ0v) is 14.7. The first-order valence-corrected chi connectivity index (χ1v) is 8.65. The average Bonchev–Trinajstić information content (AvgIpc) is 3.27. The molecule has 7 heteroatoms. The third-order valence-electron chi connectivity index (χ3n) is 4.45. The van der Waals surface area contributed by atoms with Crippen molar-refractivity contribution in [2.45, 2.75) is 12.5 Å². The largest absolute Gasteiger partial charge is 0.459 e. The predicted molar refractivity (Wildman–Crippen MR) is 98.4 cm³/mol. The highest BCUT2D eigenvalue weighted by atomic mass is 16.5. The fraction of sp³-hybridized carbons (Fsp3) is 0.0952. The molecule has 1 aliphatic rings. The number of hydrogen-bond donors (Lipinski definition) is 2. The van der Waals surface area contributed by atoms with Gasteiger partial charge in [-0.15, -0.1) is 0 Å². The molecule has 0 aliphatic carbocycles. The zero-order valence-electron chi connectivity index (χ0n) is 14.7. The first-order valence-electron chi connectivity index (χ1n) is 8.65. The Morgan fingerprint density at radius 2 is 1.71 bits per heavy atom. The van der Waals surface area contributed by atoms with Crippen LogP contribution in [0.15, 0.2) is 71.3 Å². The van der Waals surface area contributed by atoms with Crippen molar-refractivity contribution in [2.24, 2.45) is 0 Å². The number of esters is 1. The van der Waals surface area contributed by atoms with E-state index in [-0.39, 0.29) is 5.76 Å². The van der Waals surface area contributed by atoms with Crippen LogP contribution >= 0.6 is 0 Å². The van der Waals surface area contributed by atoms with Gasteiger partial charge in [-0.3, -0.25) is 20.4 Å². The van der Waals surface area contributed by atoms with Crippen molar-refractivity contribution in [1.82, 2.24) is 10.9 Å². The first kappa shape index (κ1) is 17.5. The van der Waals surface area contributed by atoms with E-state index >= 15 is 0 Å². The number of amides is 2. The number of fused-ring (bicyclic) bond motifs is 1. The van der Waals surface area contributed by atoms with E-state index in [9.17, 15) is 14.4 Å². The fourth-order valence-electron chi connectivity index (χ4n) is 3.05. The van der Waals surface area contributed by atoms with Crippen molar-refractivity contribution in [3.63, 3.8) is 0 Å². The molecule has 1 atom stereocenters. The summed E-state index contributed by atoms with van der Waals surface area (Å²) < 4.78 is 10.5. The van der Waals surface area contributed by atoms with Gasteiger partial charge in [-0.25, -0.2) is 4.79 Å². The number of nitrogens with one attached hydrogen (secondary N) is 2. The van der Waals surface area contributed by atoms with E-state index in [1.165, 1.54) is 18.4 Å². The summed E-state index contributed by atoms with van der Waals surface area (Å²) in [7, 11) is 0. The van der Waals surface area contributed by atoms with Gasteiger partial charge in [0.2, 0.25) is 0 Å². The molecule has 0 radical (unpaired) electrons. The lowest BCUT2D eigenvalue weighted by Gasteiger charge is -2.25. The summed E-state index contributed by atoms with van der Waals surface area (Å²) in [5.41, 5.74) is 6.98. The molecule has 0 saturated carbocycles. The number of ether oxygens (including phenoxy) is 1. The van der Waals surface area contributed by atoms with Crippen LogP contribution in [0.5, 0.6) is 0 Å². The molecule has 0 spiro atoms. The SMILES string of the molecule is O=C(NNC(=O)c1ccco1)c1ccc2c(c1)C[C@@H](c1ccccc1)OC2=O. The number of carbonyl (C=O) groups excluding carboxylic acids is 3. The highest BCUT2D eigenvalue weighted by Crippen LogP contribution is 2.30. The molecule has 2 amide bonds. The van der Waals surface area contributed by atoms with Crippen molar-refractivity contribution in [2.75, 3.05) is 0 Å². The molecule has 0 bridgehead atoms. The van der Waals surface area contributed by atoms with Crippen LogP contribution in [0.3, 0.4) is 0 Å². The monoisotopic (exact) mass is 376 g/mol. The lowest BCUT2D eigenvalue weighted by Crippen LogP contribution is -2.41. The third kappa shape index (κ3) is 3.50. The lowest BCUT2D eigenvalue weighted by molar-refractivity contribution is 0.0252. The predicted octanol–water partition coefficient (Wildman–Crippen LogP) is 2.81. The molecular formula is C21H16N2O5. The quantitative estimate of drug-likeness (QED) is 0.541. The Hall–Kier alpha value is -3.87. The molecule has 140 valence electrons. The van der Waals surface area contributed by atoms with Crippen LogP contribution in [0.2, 0.25) is 0 Å². The van der Waals surface area contributed by atoms with E-state index in [1.54, 1.807) is 18.2 Å². The molecule has 0 fully saturated rings. The fourth-order valence-corrected chi connectivity index (χ4v) is 3.05. The summed E-state index contributed by atoms with van der Waals surface area (Å²) in [6, 6.07) is 17.2. The van der Waals surface area contributed by atoms with Crippen molar-refractivity contribution in [3.8, 4) is 0 Å². The Kier molecular flexibility index (Phi) is 4.63. The molecule has 0 saturated heterocycles. The smallest absolute Gasteiger partial charge is 0.339 e. The summed E-state index contributed by atoms with van der Waals surface area (Å²) in [4.78, 5) is 36.5. The Morgan fingerprint density at radius 3 is 2.46 bits per heavy atom. The Balaban J connectivity index is 1.49. The van der Waals surface area contributed by atoms with Gasteiger partial charge in [-0.2, -0.15) is 0 Å². The van der Waals surface area contributed by atoms with Crippen LogP contribution in [-0.4, -0.2) is 17.8 Å². The minimum Gasteiger partial charge on any atom is -0.459 e. The van der Waals surface area contributed by atoms with Gasteiger partial charge in [0.1, 0.15) is 6.10 Å². The zero-order chi connectivity index (χ0) is 19.5. The molecule has 0 unspecified atom stereocenters. The normalized spacial score (nSPS) is 15.3. The molecule has 2 aromatic carbocycles. The van der Waals surface area contributed by atoms with Crippen molar-refractivity contribution < 1.29 is 23.5 Å². The minimum absolute atomic E-state index is 0.0826. The second kappa shape index (κ2) is 7.40. The topological polar surface area (TPSA) is 97.6 Å². The number of carbonyl (C=O) groups is 3. The van der Waals surface area contributed by atoms with Gasteiger partial charge in [0, 0.05) is 12.0 Å². The highest BCUT2D eigenvalue weighted by Gasteiger charge is 2.28. The Labute approximate surface area is 160 Å². The van der Waals surface area contributed by atoms with Crippen LogP contribution in [-0.2, 0) is 11.2 Å². The van der Waals surface area contributed by atoms with Gasteiger partial charge in [-0.05, 0) is 41.5 Å². The Bertz CT molecular complexity index is 1030. The van der Waals surface area contributed by atoms with Gasteiger partial charge in [0.15, 0.2) is 5.76 Å². The number of cyclic esters (lactones) is 1. The molecule has 28 heavy (non-hydrogen) atoms. The van der Waals surface area contributed by atoms with E-state index in [0.717, 1.165) is 11.1 Å². The van der Waals surface area contributed by atoms with Crippen molar-refractivity contribution >= 4 is 17.8 Å². The van der Waals surface area contributed by atoms with Crippen LogP contribution < -0.4 is 10.9 Å². The maximum atomic E-state index is 12.4. The summed E-state index contributed by atoms with van der Waals surface area (Å²) in [6.45, 7) is 0. The number of rotatable bonds is 3. The maximum absolute atomic E-state index is 12.4. The van der Waals surface area contributed by atoms with Crippen LogP contribution in [0.1, 0.15) is 48.5 Å². The van der Waals surface area contributed by atoms with Gasteiger partial charge in [0.25, 0.3) is 5.91 Å². The number of furan rings is 1. The van der Waals surface area contributed by atoms with Crippen LogP contribution in [0.4, 0.5) is 0 Å². The highest BCUT2D eigenvalue weighted by molar-refractivity contribution is 5.99. The van der Waals surface area contributed by atoms with E-state index in [4.69, 9.17) is 9.15 Å². The lowest BCUT2D eigenvalue weighted by atomic mass is 9.93. The van der Waals surface area contributed by atoms with Crippen molar-refractivity contribution in [3.05, 3.63) is 94.9 Å². The standard InChI is InChI=1S/C21H16N2O5/c24-19(22-23-20(25)17-7-4-10-27-17)14-8-9-16-15(11-14)12-18(28-21(16)26)13-5-2-1-3-6-13/h1-11,18H,12H2,(H,22,24)(H,23,25)/t18-/m0/s1. The van der Waals surface area contributed by atoms with Gasteiger partial charge >= 0.3 is 11.9 Å². The minimum atomic E-state index is -0.566. The molecule has 7 nitrogen and oxygen atoms in total. The summed E-state index contributed by atoms with van der Waals surface area (Å²) in [5.74, 6) is -1.41. The van der Waals surface area contributed by atoms with E-state index < -0.39 is 23.9 Å². The summed E-state index contributed by atoms with van der Waals surface area (Å²) in [6.07, 6.45) is 1.42. The van der Waals surface area contributed by atoms with Gasteiger partial charge in [0.05, 0.1) is 11.8 Å². The Morgan fingerprint density at radius 1 is 0.929 bits per heavy atom. The molecule has 4 rings (SSSR count). The number of hydrazine groups is 1. The van der Waals surface area contributed by atoms with Crippen LogP contribution in [0.25, 0.3) is 0 Å². The molecular weight excluding hydrogens is 360 g/mol. The van der Waals surface area contributed by atoms with Gasteiger partial charge in [-0.1, -0.05) is 30.3 Å². The average molecular weight is 376 g/mol. The molecule has 2 N–H and O–H groups in total. The maximum Gasteiger partial charge on any atom is 0.339 e. The third-order valence-corrected chi connectivity index (χ3v) is 4.45. The summed E-state index contributed by atoms with van der Waals surface area (Å²) >= 11 is 0. The second-order valence-electron chi connectivity index (χ2n) is 6.27.